The van der Waals surface area contributed by atoms with Gasteiger partial charge in [-0.1, -0.05) is 55.8 Å². The molecule has 1 atom stereocenters. The maximum atomic E-state index is 13.7. The maximum Gasteiger partial charge on any atom is 0.244 e. The molecular formula is C29H34ClN3O5S. The van der Waals surface area contributed by atoms with Crippen LogP contribution in [-0.2, 0) is 26.2 Å². The Hall–Kier alpha value is -3.56. The highest BCUT2D eigenvalue weighted by Gasteiger charge is 2.31. The lowest BCUT2D eigenvalue weighted by molar-refractivity contribution is -0.140. The van der Waals surface area contributed by atoms with E-state index in [9.17, 15) is 18.0 Å². The minimum atomic E-state index is -3.84. The van der Waals surface area contributed by atoms with Gasteiger partial charge in [-0.05, 0) is 66.9 Å². The summed E-state index contributed by atoms with van der Waals surface area (Å²) >= 11 is 6.02. The lowest BCUT2D eigenvalue weighted by atomic mass is 10.1. The number of para-hydroxylation sites is 1. The Morgan fingerprint density at radius 1 is 0.923 bits per heavy atom. The Balaban J connectivity index is 1.87. The number of halogens is 1. The van der Waals surface area contributed by atoms with Crippen molar-refractivity contribution < 1.29 is 22.7 Å². The lowest BCUT2D eigenvalue weighted by Crippen LogP contribution is -2.52. The number of nitrogens with one attached hydrogen (secondary N) is 1. The molecule has 1 N–H and O–H groups in total. The molecule has 10 heteroatoms. The first-order chi connectivity index (χ1) is 18.6. The van der Waals surface area contributed by atoms with Gasteiger partial charge < -0.3 is 15.0 Å². The number of hydrogen-bond acceptors (Lipinski definition) is 5. The van der Waals surface area contributed by atoms with Crippen molar-refractivity contribution in [3.8, 4) is 11.5 Å². The first-order valence-corrected chi connectivity index (χ1v) is 15.0. The summed E-state index contributed by atoms with van der Waals surface area (Å²) < 4.78 is 32.4. The van der Waals surface area contributed by atoms with Gasteiger partial charge in [0.05, 0.1) is 11.9 Å². The van der Waals surface area contributed by atoms with Gasteiger partial charge in [-0.25, -0.2) is 8.42 Å². The molecule has 3 aromatic rings. The number of nitrogens with zero attached hydrogens (tertiary/aromatic N) is 2. The van der Waals surface area contributed by atoms with Crippen molar-refractivity contribution in [1.29, 1.82) is 0 Å². The van der Waals surface area contributed by atoms with Crippen LogP contribution in [0.4, 0.5) is 5.69 Å². The van der Waals surface area contributed by atoms with E-state index in [4.69, 9.17) is 16.3 Å². The summed E-state index contributed by atoms with van der Waals surface area (Å²) in [6.07, 6.45) is 2.15. The molecule has 0 bridgehead atoms. The van der Waals surface area contributed by atoms with E-state index in [-0.39, 0.29) is 12.5 Å². The highest BCUT2D eigenvalue weighted by Crippen LogP contribution is 2.26. The van der Waals surface area contributed by atoms with Gasteiger partial charge in [-0.2, -0.15) is 0 Å². The molecular weight excluding hydrogens is 538 g/mol. The van der Waals surface area contributed by atoms with Crippen molar-refractivity contribution in [3.05, 3.63) is 89.4 Å². The fourth-order valence-corrected chi connectivity index (χ4v) is 4.97. The van der Waals surface area contributed by atoms with Gasteiger partial charge in [0.15, 0.2) is 0 Å². The molecule has 3 aromatic carbocycles. The van der Waals surface area contributed by atoms with Gasteiger partial charge in [0, 0.05) is 18.1 Å². The highest BCUT2D eigenvalue weighted by molar-refractivity contribution is 7.92. The summed E-state index contributed by atoms with van der Waals surface area (Å²) in [5.74, 6) is 0.381. The molecule has 0 aromatic heterocycles. The lowest BCUT2D eigenvalue weighted by Gasteiger charge is -2.33. The molecule has 0 fully saturated rings. The van der Waals surface area contributed by atoms with E-state index in [0.717, 1.165) is 22.5 Å². The molecule has 39 heavy (non-hydrogen) atoms. The average Bonchev–Trinajstić information content (AvgIpc) is 2.92. The van der Waals surface area contributed by atoms with E-state index in [2.05, 4.69) is 5.32 Å². The third-order valence-electron chi connectivity index (χ3n) is 5.98. The smallest absolute Gasteiger partial charge is 0.244 e. The summed E-state index contributed by atoms with van der Waals surface area (Å²) in [6.45, 7) is 3.89. The maximum absolute atomic E-state index is 13.7. The van der Waals surface area contributed by atoms with Crippen LogP contribution in [0.1, 0.15) is 32.3 Å². The molecule has 0 saturated carbocycles. The van der Waals surface area contributed by atoms with Crippen LogP contribution in [0.25, 0.3) is 0 Å². The van der Waals surface area contributed by atoms with Crippen LogP contribution < -0.4 is 14.4 Å². The number of rotatable bonds is 13. The number of carbonyl (C=O) groups excluding carboxylic acids is 2. The van der Waals surface area contributed by atoms with Gasteiger partial charge in [0.1, 0.15) is 24.1 Å². The van der Waals surface area contributed by atoms with Gasteiger partial charge in [-0.15, -0.1) is 0 Å². The predicted molar refractivity (Wildman–Crippen MR) is 155 cm³/mol. The Labute approximate surface area is 235 Å². The molecule has 0 radical (unpaired) electrons. The number of hydrogen-bond donors (Lipinski definition) is 1. The fourth-order valence-electron chi connectivity index (χ4n) is 3.99. The summed E-state index contributed by atoms with van der Waals surface area (Å²) in [7, 11) is -3.84. The zero-order chi connectivity index (χ0) is 28.4. The summed E-state index contributed by atoms with van der Waals surface area (Å²) in [4.78, 5) is 28.1. The largest absolute Gasteiger partial charge is 0.457 e. The van der Waals surface area contributed by atoms with E-state index >= 15 is 0 Å². The van der Waals surface area contributed by atoms with Crippen LogP contribution in [-0.4, -0.2) is 50.5 Å². The highest BCUT2D eigenvalue weighted by atomic mass is 35.5. The predicted octanol–water partition coefficient (Wildman–Crippen LogP) is 5.23. The van der Waals surface area contributed by atoms with E-state index in [1.165, 1.54) is 4.90 Å². The fraction of sp³-hybridized carbons (Fsp3) is 0.310. The van der Waals surface area contributed by atoms with Crippen LogP contribution in [0, 0.1) is 0 Å². The molecule has 0 aliphatic carbocycles. The molecule has 208 valence electrons. The zero-order valence-corrected chi connectivity index (χ0v) is 23.9. The first-order valence-electron chi connectivity index (χ1n) is 12.7. The first kappa shape index (κ1) is 30.0. The van der Waals surface area contributed by atoms with Gasteiger partial charge >= 0.3 is 0 Å². The number of amides is 2. The number of carbonyl (C=O) groups is 2. The Kier molecular flexibility index (Phi) is 10.8. The molecule has 0 aliphatic heterocycles. The SMILES string of the molecule is CCCNC(=O)C(CC)N(Cc1ccc(Cl)cc1)C(=O)CN(c1ccc(Oc2ccccc2)cc1)S(C)(=O)=O. The van der Waals surface area contributed by atoms with Crippen molar-refractivity contribution in [1.82, 2.24) is 10.2 Å². The van der Waals surface area contributed by atoms with Crippen molar-refractivity contribution in [2.24, 2.45) is 0 Å². The van der Waals surface area contributed by atoms with Gasteiger partial charge in [0.25, 0.3) is 0 Å². The van der Waals surface area contributed by atoms with Crippen molar-refractivity contribution >= 4 is 39.1 Å². The van der Waals surface area contributed by atoms with Crippen LogP contribution >= 0.6 is 11.6 Å². The van der Waals surface area contributed by atoms with Crippen molar-refractivity contribution in [3.63, 3.8) is 0 Å². The number of sulfonamides is 1. The molecule has 3 rings (SSSR count). The number of anilines is 1. The third kappa shape index (κ3) is 8.73. The van der Waals surface area contributed by atoms with Crippen LogP contribution in [0.3, 0.4) is 0 Å². The Morgan fingerprint density at radius 3 is 2.10 bits per heavy atom. The van der Waals surface area contributed by atoms with E-state index in [1.54, 1.807) is 48.5 Å². The second-order valence-corrected chi connectivity index (χ2v) is 11.4. The topological polar surface area (TPSA) is 96.0 Å². The van der Waals surface area contributed by atoms with Crippen LogP contribution in [0.2, 0.25) is 5.02 Å². The molecule has 8 nitrogen and oxygen atoms in total. The van der Waals surface area contributed by atoms with E-state index in [1.807, 2.05) is 44.2 Å². The zero-order valence-electron chi connectivity index (χ0n) is 22.3. The molecule has 0 saturated heterocycles. The summed E-state index contributed by atoms with van der Waals surface area (Å²) in [5, 5.41) is 3.40. The van der Waals surface area contributed by atoms with Crippen LogP contribution in [0.15, 0.2) is 78.9 Å². The minimum absolute atomic E-state index is 0.121. The van der Waals surface area contributed by atoms with Crippen molar-refractivity contribution in [2.45, 2.75) is 39.3 Å². The molecule has 0 aliphatic rings. The molecule has 1 unspecified atom stereocenters. The Morgan fingerprint density at radius 2 is 1.54 bits per heavy atom. The molecule has 2 amide bonds. The quantitative estimate of drug-likeness (QED) is 0.303. The minimum Gasteiger partial charge on any atom is -0.457 e. The third-order valence-corrected chi connectivity index (χ3v) is 7.38. The number of benzene rings is 3. The molecule has 0 spiro atoms. The summed E-state index contributed by atoms with van der Waals surface area (Å²) in [6, 6.07) is 21.8. The average molecular weight is 572 g/mol. The van der Waals surface area contributed by atoms with E-state index in [0.29, 0.717) is 35.2 Å². The second-order valence-electron chi connectivity index (χ2n) is 9.04. The van der Waals surface area contributed by atoms with E-state index < -0.39 is 28.5 Å². The van der Waals surface area contributed by atoms with Gasteiger partial charge in [0.2, 0.25) is 21.8 Å². The Bertz CT molecular complexity index is 1330. The monoisotopic (exact) mass is 571 g/mol. The van der Waals surface area contributed by atoms with Gasteiger partial charge in [-0.3, -0.25) is 13.9 Å². The van der Waals surface area contributed by atoms with Crippen molar-refractivity contribution in [2.75, 3.05) is 23.7 Å². The second kappa shape index (κ2) is 14.0. The van der Waals surface area contributed by atoms with Crippen LogP contribution in [0.5, 0.6) is 11.5 Å². The standard InChI is InChI=1S/C29H34ClN3O5S/c1-4-19-31-29(35)27(5-2)32(20-22-11-13-23(30)14-12-22)28(34)21-33(39(3,36)37)24-15-17-26(18-16-24)38-25-9-7-6-8-10-25/h6-18,27H,4-5,19-21H2,1-3H3,(H,31,35). The number of ether oxygens (including phenoxy) is 1. The molecule has 0 heterocycles. The normalized spacial score (nSPS) is 11.9. The summed E-state index contributed by atoms with van der Waals surface area (Å²) in [5.41, 5.74) is 1.07.